The van der Waals surface area contributed by atoms with Crippen LogP contribution in [0.5, 0.6) is 11.5 Å². The number of methoxy groups -OCH3 is 1. The van der Waals surface area contributed by atoms with E-state index in [1.807, 2.05) is 25.7 Å². The number of amidine groups is 1. The molecule has 3 heterocycles. The van der Waals surface area contributed by atoms with Crippen molar-refractivity contribution in [2.75, 3.05) is 45.3 Å². The van der Waals surface area contributed by atoms with Crippen molar-refractivity contribution >= 4 is 29.1 Å². The van der Waals surface area contributed by atoms with Gasteiger partial charge in [-0.3, -0.25) is 14.4 Å². The maximum atomic E-state index is 13.9. The molecule has 244 valence electrons. The second-order valence-corrected chi connectivity index (χ2v) is 11.9. The number of benzene rings is 1. The van der Waals surface area contributed by atoms with E-state index in [-0.39, 0.29) is 35.9 Å². The van der Waals surface area contributed by atoms with Gasteiger partial charge >= 0.3 is 12.1 Å². The number of ether oxygens (including phenoxy) is 2. The van der Waals surface area contributed by atoms with Gasteiger partial charge < -0.3 is 29.7 Å². The summed E-state index contributed by atoms with van der Waals surface area (Å²) in [6.07, 6.45) is -4.61. The fourth-order valence-corrected chi connectivity index (χ4v) is 5.39. The molecule has 1 aromatic heterocycles. The van der Waals surface area contributed by atoms with Gasteiger partial charge in [-0.2, -0.15) is 18.2 Å². The minimum absolute atomic E-state index is 0.103. The summed E-state index contributed by atoms with van der Waals surface area (Å²) in [6, 6.07) is 4.85. The molecule has 0 aliphatic carbocycles. The largest absolute Gasteiger partial charge is 0.494 e. The number of rotatable bonds is 8. The third-order valence-corrected chi connectivity index (χ3v) is 7.67. The van der Waals surface area contributed by atoms with Crippen LogP contribution in [0.1, 0.15) is 78.2 Å². The molecule has 2 amide bonds. The predicted octanol–water partition coefficient (Wildman–Crippen LogP) is 3.64. The Balaban J connectivity index is 1.79. The first-order valence-corrected chi connectivity index (χ1v) is 14.6. The second kappa shape index (κ2) is 13.0. The molecule has 2 aromatic rings. The molecule has 0 bridgehead atoms. The number of carbonyl (C=O) groups is 3. The Morgan fingerprint density at radius 1 is 1.13 bits per heavy atom. The van der Waals surface area contributed by atoms with Crippen LogP contribution >= 0.6 is 0 Å². The number of pyridine rings is 1. The molecule has 2 N–H and O–H groups in total. The molecule has 11 nitrogen and oxygen atoms in total. The number of hydrogen-bond acceptors (Lipinski definition) is 8. The number of nitrogens with zero attached hydrogens (tertiary/aromatic N) is 4. The maximum Gasteiger partial charge on any atom is 0.473 e. The van der Waals surface area contributed by atoms with Gasteiger partial charge in [0.05, 0.1) is 32.1 Å². The third kappa shape index (κ3) is 7.21. The summed E-state index contributed by atoms with van der Waals surface area (Å²) in [4.78, 5) is 49.4. The Labute approximate surface area is 259 Å². The molecule has 45 heavy (non-hydrogen) atoms. The molecule has 1 fully saturated rings. The van der Waals surface area contributed by atoms with E-state index >= 15 is 0 Å². The van der Waals surface area contributed by atoms with Crippen LogP contribution in [0.3, 0.4) is 0 Å². The SMILES string of the molecule is CCOc1cc2c(nc1C(=O)NC)C(=NC(=O)C(F)(F)F)N(CC(=O)c1cc(N3CCC(O)CC3)c(OC)c(C(C)(C)C)c1)C2. The number of anilines is 1. The number of ketones is 1. The van der Waals surface area contributed by atoms with E-state index in [9.17, 15) is 32.7 Å². The Morgan fingerprint density at radius 2 is 1.80 bits per heavy atom. The molecule has 0 spiro atoms. The molecular formula is C31H38F3N5O6. The Morgan fingerprint density at radius 3 is 2.36 bits per heavy atom. The Bertz CT molecular complexity index is 1510. The van der Waals surface area contributed by atoms with E-state index in [0.717, 1.165) is 5.56 Å². The molecule has 1 saturated heterocycles. The van der Waals surface area contributed by atoms with Crippen LogP contribution in [0.25, 0.3) is 0 Å². The van der Waals surface area contributed by atoms with Crippen LogP contribution < -0.4 is 19.7 Å². The topological polar surface area (TPSA) is 134 Å². The Kier molecular flexibility index (Phi) is 9.76. The summed E-state index contributed by atoms with van der Waals surface area (Å²) in [5.74, 6) is -3.23. The predicted molar refractivity (Wildman–Crippen MR) is 160 cm³/mol. The zero-order chi connectivity index (χ0) is 33.3. The number of aliphatic hydroxyl groups is 1. The van der Waals surface area contributed by atoms with Crippen LogP contribution in [-0.2, 0) is 16.8 Å². The zero-order valence-electron chi connectivity index (χ0n) is 26.2. The van der Waals surface area contributed by atoms with E-state index < -0.39 is 47.7 Å². The smallest absolute Gasteiger partial charge is 0.473 e. The number of nitrogens with one attached hydrogen (secondary N) is 1. The molecule has 4 rings (SSSR count). The van der Waals surface area contributed by atoms with E-state index in [4.69, 9.17) is 9.47 Å². The van der Waals surface area contributed by atoms with Crippen LogP contribution in [-0.4, -0.2) is 91.1 Å². The Hall–Kier alpha value is -4.20. The molecule has 0 unspecified atom stereocenters. The standard InChI is InChI=1S/C31H38F3N5O6/c1-7-45-23-14-18-15-39(27(37-29(43)31(32,33)34)24(18)36-25(23)28(42)35-5)16-22(41)17-12-20(30(2,3)4)26(44-6)21(13-17)38-10-8-19(40)9-11-38/h12-14,19,40H,7-11,15-16H2,1-6H3,(H,35,42). The molecular weight excluding hydrogens is 595 g/mol. The van der Waals surface area contributed by atoms with Gasteiger partial charge in [0.15, 0.2) is 23.1 Å². The van der Waals surface area contributed by atoms with Crippen molar-refractivity contribution in [1.29, 1.82) is 0 Å². The number of alkyl halides is 3. The number of Topliss-reactive ketones (excluding diaryl/α,β-unsaturated/α-hetero) is 1. The molecule has 0 saturated carbocycles. The lowest BCUT2D eigenvalue weighted by molar-refractivity contribution is -0.169. The first kappa shape index (κ1) is 33.7. The number of halogens is 3. The number of carbonyl (C=O) groups excluding carboxylic acids is 3. The highest BCUT2D eigenvalue weighted by molar-refractivity contribution is 6.11. The van der Waals surface area contributed by atoms with Crippen LogP contribution in [0, 0.1) is 0 Å². The van der Waals surface area contributed by atoms with Gasteiger partial charge in [0.2, 0.25) is 0 Å². The van der Waals surface area contributed by atoms with Gasteiger partial charge in [0.1, 0.15) is 11.4 Å². The lowest BCUT2D eigenvalue weighted by atomic mass is 9.84. The van der Waals surface area contributed by atoms with Crippen LogP contribution in [0.2, 0.25) is 0 Å². The third-order valence-electron chi connectivity index (χ3n) is 7.67. The van der Waals surface area contributed by atoms with Crippen molar-refractivity contribution < 1.29 is 42.1 Å². The van der Waals surface area contributed by atoms with Gasteiger partial charge in [-0.1, -0.05) is 20.8 Å². The fraction of sp³-hybridized carbons (Fsp3) is 0.516. The zero-order valence-corrected chi connectivity index (χ0v) is 26.2. The number of piperidine rings is 1. The highest BCUT2D eigenvalue weighted by atomic mass is 19.4. The maximum absolute atomic E-state index is 13.9. The van der Waals surface area contributed by atoms with Gasteiger partial charge in [0, 0.05) is 43.4 Å². The summed E-state index contributed by atoms with van der Waals surface area (Å²) in [5.41, 5.74) is 1.28. The minimum Gasteiger partial charge on any atom is -0.494 e. The van der Waals surface area contributed by atoms with E-state index in [1.165, 1.54) is 18.0 Å². The molecule has 14 heteroatoms. The molecule has 0 atom stereocenters. The number of amides is 2. The monoisotopic (exact) mass is 633 g/mol. The fourth-order valence-electron chi connectivity index (χ4n) is 5.39. The van der Waals surface area contributed by atoms with Crippen molar-refractivity contribution in [3.05, 3.63) is 46.3 Å². The number of aliphatic imine (C=N–C) groups is 1. The highest BCUT2D eigenvalue weighted by Gasteiger charge is 2.41. The van der Waals surface area contributed by atoms with Gasteiger partial charge in [-0.25, -0.2) is 4.98 Å². The van der Waals surface area contributed by atoms with Crippen molar-refractivity contribution in [2.24, 2.45) is 4.99 Å². The number of fused-ring (bicyclic) bond motifs is 1. The number of hydrogen-bond donors (Lipinski definition) is 2. The summed E-state index contributed by atoms with van der Waals surface area (Å²) in [7, 11) is 2.91. The lowest BCUT2D eigenvalue weighted by Gasteiger charge is -2.35. The summed E-state index contributed by atoms with van der Waals surface area (Å²) < 4.78 is 51.4. The van der Waals surface area contributed by atoms with Gasteiger partial charge in [-0.05, 0) is 43.4 Å². The first-order valence-electron chi connectivity index (χ1n) is 14.6. The summed E-state index contributed by atoms with van der Waals surface area (Å²) in [5, 5.41) is 12.5. The van der Waals surface area contributed by atoms with E-state index in [1.54, 1.807) is 26.2 Å². The summed E-state index contributed by atoms with van der Waals surface area (Å²) >= 11 is 0. The van der Waals surface area contributed by atoms with Crippen LogP contribution in [0.4, 0.5) is 18.9 Å². The number of aliphatic hydroxyl groups excluding tert-OH is 1. The number of aromatic nitrogens is 1. The van der Waals surface area contributed by atoms with E-state index in [0.29, 0.717) is 42.9 Å². The van der Waals surface area contributed by atoms with Gasteiger partial charge in [-0.15, -0.1) is 0 Å². The normalized spacial score (nSPS) is 16.5. The van der Waals surface area contributed by atoms with Crippen molar-refractivity contribution in [3.63, 3.8) is 0 Å². The van der Waals surface area contributed by atoms with Crippen LogP contribution in [0.15, 0.2) is 23.2 Å². The van der Waals surface area contributed by atoms with Gasteiger partial charge in [0.25, 0.3) is 5.91 Å². The highest BCUT2D eigenvalue weighted by Crippen LogP contribution is 2.41. The molecule has 2 aliphatic heterocycles. The van der Waals surface area contributed by atoms with Crippen molar-refractivity contribution in [2.45, 2.75) is 64.8 Å². The lowest BCUT2D eigenvalue weighted by Crippen LogP contribution is -2.37. The molecule has 0 radical (unpaired) electrons. The summed E-state index contributed by atoms with van der Waals surface area (Å²) in [6.45, 7) is 8.33. The average molecular weight is 634 g/mol. The molecule has 1 aromatic carbocycles. The quantitative estimate of drug-likeness (QED) is 0.418. The van der Waals surface area contributed by atoms with Crippen molar-refractivity contribution in [1.82, 2.24) is 15.2 Å². The molecule has 2 aliphatic rings. The average Bonchev–Trinajstić information content (AvgIpc) is 3.30. The van der Waals surface area contributed by atoms with Crippen molar-refractivity contribution in [3.8, 4) is 11.5 Å². The minimum atomic E-state index is -5.27. The second-order valence-electron chi connectivity index (χ2n) is 11.9. The first-order chi connectivity index (χ1) is 21.1. The van der Waals surface area contributed by atoms with E-state index in [2.05, 4.69) is 15.3 Å².